The molecule has 1 heterocycles. The van der Waals surface area contributed by atoms with Gasteiger partial charge >= 0.3 is 0 Å². The zero-order chi connectivity index (χ0) is 14.1. The number of pyridine rings is 1. The van der Waals surface area contributed by atoms with E-state index in [0.717, 1.165) is 29.3 Å². The van der Waals surface area contributed by atoms with Crippen LogP contribution in [-0.2, 0) is 11.2 Å². The Labute approximate surface area is 117 Å². The molecule has 0 aliphatic heterocycles. The summed E-state index contributed by atoms with van der Waals surface area (Å²) in [5.74, 6) is 0.0379. The highest BCUT2D eigenvalue weighted by atomic mass is 16.1. The van der Waals surface area contributed by atoms with Gasteiger partial charge in [-0.05, 0) is 49.3 Å². The highest BCUT2D eigenvalue weighted by Gasteiger charge is 2.22. The summed E-state index contributed by atoms with van der Waals surface area (Å²) in [6, 6.07) is 8.23. The van der Waals surface area contributed by atoms with Crippen LogP contribution in [0.3, 0.4) is 0 Å². The summed E-state index contributed by atoms with van der Waals surface area (Å²) in [6.45, 7) is 1.99. The minimum atomic E-state index is -0.0951. The molecule has 3 rings (SSSR count). The molecule has 1 aromatic carbocycles. The summed E-state index contributed by atoms with van der Waals surface area (Å²) in [5, 5.41) is 3.94. The van der Waals surface area contributed by atoms with E-state index in [9.17, 15) is 9.59 Å². The first-order valence-corrected chi connectivity index (χ1v) is 7.04. The van der Waals surface area contributed by atoms with Gasteiger partial charge in [0.1, 0.15) is 0 Å². The molecule has 1 saturated carbocycles. The zero-order valence-electron chi connectivity index (χ0n) is 11.5. The molecular weight excluding hydrogens is 252 g/mol. The fourth-order valence-corrected chi connectivity index (χ4v) is 2.32. The van der Waals surface area contributed by atoms with E-state index < -0.39 is 0 Å². The number of nitrogens with one attached hydrogen (secondary N) is 2. The summed E-state index contributed by atoms with van der Waals surface area (Å²) in [4.78, 5) is 26.6. The van der Waals surface area contributed by atoms with E-state index in [1.54, 1.807) is 0 Å². The van der Waals surface area contributed by atoms with Crippen LogP contribution in [-0.4, -0.2) is 16.9 Å². The lowest BCUT2D eigenvalue weighted by molar-refractivity contribution is -0.121. The van der Waals surface area contributed by atoms with Gasteiger partial charge in [0.05, 0.1) is 0 Å². The second-order valence-electron chi connectivity index (χ2n) is 5.56. The van der Waals surface area contributed by atoms with Gasteiger partial charge in [-0.15, -0.1) is 0 Å². The molecule has 1 aromatic heterocycles. The highest BCUT2D eigenvalue weighted by molar-refractivity contribution is 5.80. The van der Waals surface area contributed by atoms with Crippen molar-refractivity contribution in [2.24, 2.45) is 0 Å². The van der Waals surface area contributed by atoms with E-state index in [1.807, 2.05) is 31.2 Å². The van der Waals surface area contributed by atoms with Crippen molar-refractivity contribution < 1.29 is 4.79 Å². The van der Waals surface area contributed by atoms with Gasteiger partial charge in [-0.1, -0.05) is 12.1 Å². The SMILES string of the molecule is Cc1ccc2cc(CCC(=O)NC3CC3)c(=O)[nH]c2c1. The predicted molar refractivity (Wildman–Crippen MR) is 78.8 cm³/mol. The van der Waals surface area contributed by atoms with Crippen LogP contribution >= 0.6 is 0 Å². The lowest BCUT2D eigenvalue weighted by Crippen LogP contribution is -2.26. The Kier molecular flexibility index (Phi) is 3.30. The van der Waals surface area contributed by atoms with Gasteiger partial charge in [-0.3, -0.25) is 9.59 Å². The molecule has 2 aromatic rings. The molecule has 4 heteroatoms. The van der Waals surface area contributed by atoms with Crippen LogP contribution in [0.1, 0.15) is 30.4 Å². The molecule has 0 spiro atoms. The minimum Gasteiger partial charge on any atom is -0.353 e. The fraction of sp³-hybridized carbons (Fsp3) is 0.375. The first-order valence-electron chi connectivity index (χ1n) is 7.04. The molecule has 0 bridgehead atoms. The van der Waals surface area contributed by atoms with Crippen molar-refractivity contribution in [2.45, 2.75) is 38.6 Å². The standard InChI is InChI=1S/C16H18N2O2/c1-10-2-3-11-9-12(16(20)18-14(11)8-10)4-7-15(19)17-13-5-6-13/h2-3,8-9,13H,4-7H2,1H3,(H,17,19)(H,18,20). The van der Waals surface area contributed by atoms with Crippen molar-refractivity contribution in [3.05, 3.63) is 45.7 Å². The van der Waals surface area contributed by atoms with Crippen LogP contribution in [0.5, 0.6) is 0 Å². The Hall–Kier alpha value is -2.10. The van der Waals surface area contributed by atoms with Gasteiger partial charge in [0.25, 0.3) is 5.56 Å². The van der Waals surface area contributed by atoms with Crippen molar-refractivity contribution >= 4 is 16.8 Å². The van der Waals surface area contributed by atoms with Gasteiger partial charge in [-0.25, -0.2) is 0 Å². The molecule has 20 heavy (non-hydrogen) atoms. The molecular formula is C16H18N2O2. The number of carbonyl (C=O) groups is 1. The fourth-order valence-electron chi connectivity index (χ4n) is 2.32. The van der Waals surface area contributed by atoms with Gasteiger partial charge in [-0.2, -0.15) is 0 Å². The average molecular weight is 270 g/mol. The molecule has 0 saturated heterocycles. The molecule has 0 radical (unpaired) electrons. The topological polar surface area (TPSA) is 62.0 Å². The normalized spacial score (nSPS) is 14.4. The lowest BCUT2D eigenvalue weighted by atomic mass is 10.1. The maximum absolute atomic E-state index is 12.0. The van der Waals surface area contributed by atoms with Crippen molar-refractivity contribution in [2.75, 3.05) is 0 Å². The predicted octanol–water partition coefficient (Wildman–Crippen LogP) is 2.05. The van der Waals surface area contributed by atoms with Gasteiger partial charge in [0.2, 0.25) is 5.91 Å². The van der Waals surface area contributed by atoms with E-state index in [1.165, 1.54) is 0 Å². The smallest absolute Gasteiger partial charge is 0.251 e. The van der Waals surface area contributed by atoms with Crippen LogP contribution in [0.15, 0.2) is 29.1 Å². The van der Waals surface area contributed by atoms with Crippen molar-refractivity contribution in [1.29, 1.82) is 0 Å². The van der Waals surface area contributed by atoms with Gasteiger partial charge in [0, 0.05) is 23.5 Å². The summed E-state index contributed by atoms with van der Waals surface area (Å²) in [7, 11) is 0. The number of fused-ring (bicyclic) bond motifs is 1. The number of benzene rings is 1. The number of aryl methyl sites for hydroxylation is 2. The number of rotatable bonds is 4. The molecule has 1 aliphatic carbocycles. The summed E-state index contributed by atoms with van der Waals surface area (Å²) >= 11 is 0. The van der Waals surface area contributed by atoms with Crippen molar-refractivity contribution in [1.82, 2.24) is 10.3 Å². The van der Waals surface area contributed by atoms with Gasteiger partial charge < -0.3 is 10.3 Å². The highest BCUT2D eigenvalue weighted by Crippen LogP contribution is 2.19. The summed E-state index contributed by atoms with van der Waals surface area (Å²) < 4.78 is 0. The summed E-state index contributed by atoms with van der Waals surface area (Å²) in [5.41, 5.74) is 2.54. The zero-order valence-corrected chi connectivity index (χ0v) is 11.5. The van der Waals surface area contributed by atoms with Gasteiger partial charge in [0.15, 0.2) is 0 Å². The molecule has 2 N–H and O–H groups in total. The van der Waals surface area contributed by atoms with E-state index in [4.69, 9.17) is 0 Å². The Bertz CT molecular complexity index is 714. The third kappa shape index (κ3) is 2.90. The molecule has 0 atom stereocenters. The number of hydrogen-bond acceptors (Lipinski definition) is 2. The molecule has 1 aliphatic rings. The van der Waals surface area contributed by atoms with Crippen LogP contribution in [0.2, 0.25) is 0 Å². The Morgan fingerprint density at radius 3 is 2.90 bits per heavy atom. The maximum atomic E-state index is 12.0. The number of amides is 1. The third-order valence-electron chi connectivity index (χ3n) is 3.64. The average Bonchev–Trinajstić information content (AvgIpc) is 3.20. The number of aromatic nitrogens is 1. The quantitative estimate of drug-likeness (QED) is 0.893. The largest absolute Gasteiger partial charge is 0.353 e. The number of carbonyl (C=O) groups excluding carboxylic acids is 1. The Morgan fingerprint density at radius 1 is 1.35 bits per heavy atom. The van der Waals surface area contributed by atoms with Crippen LogP contribution in [0.4, 0.5) is 0 Å². The molecule has 1 fully saturated rings. The number of hydrogen-bond donors (Lipinski definition) is 2. The minimum absolute atomic E-state index is 0.0379. The Balaban J connectivity index is 1.76. The van der Waals surface area contributed by atoms with E-state index in [2.05, 4.69) is 10.3 Å². The van der Waals surface area contributed by atoms with E-state index in [0.29, 0.717) is 24.4 Å². The second kappa shape index (κ2) is 5.12. The third-order valence-corrected chi connectivity index (χ3v) is 3.64. The van der Waals surface area contributed by atoms with Crippen molar-refractivity contribution in [3.63, 3.8) is 0 Å². The van der Waals surface area contributed by atoms with E-state index >= 15 is 0 Å². The molecule has 4 nitrogen and oxygen atoms in total. The van der Waals surface area contributed by atoms with Crippen LogP contribution in [0.25, 0.3) is 10.9 Å². The van der Waals surface area contributed by atoms with Crippen LogP contribution in [0, 0.1) is 6.92 Å². The Morgan fingerprint density at radius 2 is 2.15 bits per heavy atom. The number of aromatic amines is 1. The van der Waals surface area contributed by atoms with Crippen LogP contribution < -0.4 is 10.9 Å². The molecule has 1 amide bonds. The second-order valence-corrected chi connectivity index (χ2v) is 5.56. The molecule has 0 unspecified atom stereocenters. The first kappa shape index (κ1) is 12.9. The maximum Gasteiger partial charge on any atom is 0.251 e. The first-order chi connectivity index (χ1) is 9.61. The molecule has 104 valence electrons. The van der Waals surface area contributed by atoms with E-state index in [-0.39, 0.29) is 11.5 Å². The number of H-pyrrole nitrogens is 1. The lowest BCUT2D eigenvalue weighted by Gasteiger charge is -2.05. The monoisotopic (exact) mass is 270 g/mol. The summed E-state index contributed by atoms with van der Waals surface area (Å²) in [6.07, 6.45) is 3.03. The van der Waals surface area contributed by atoms with Crippen molar-refractivity contribution in [3.8, 4) is 0 Å².